The van der Waals surface area contributed by atoms with Gasteiger partial charge >= 0.3 is 0 Å². The number of carbonyl (C=O) groups excluding carboxylic acids is 1. The second-order valence-electron chi connectivity index (χ2n) is 6.84. The Morgan fingerprint density at radius 1 is 1.17 bits per heavy atom. The lowest BCUT2D eigenvalue weighted by molar-refractivity contribution is 0.0942. The number of nitrogens with zero attached hydrogens (tertiary/aromatic N) is 3. The summed E-state index contributed by atoms with van der Waals surface area (Å²) in [5, 5.41) is 17.1. The van der Waals surface area contributed by atoms with Gasteiger partial charge in [-0.25, -0.2) is 13.9 Å². The molecule has 0 saturated heterocycles. The number of anilines is 1. The molecule has 2 heterocycles. The van der Waals surface area contributed by atoms with Gasteiger partial charge in [0.05, 0.1) is 6.10 Å². The molecular formula is C22H20FN5O2. The molecule has 7 nitrogen and oxygen atoms in total. The average molecular weight is 405 g/mol. The van der Waals surface area contributed by atoms with E-state index < -0.39 is 11.9 Å². The standard InChI is InChI=1S/C22H20FN5O2/c23-17-12-18-21(24)26-13-27-28(18)20(17)15-7-4-8-16(11-15)22(30)25-10-9-19(29)14-5-2-1-3-6-14/h1-8,11-13,19,29H,9-10H2,(H,25,30)(H2,24,26,27). The van der Waals surface area contributed by atoms with Gasteiger partial charge in [0, 0.05) is 23.7 Å². The van der Waals surface area contributed by atoms with Crippen molar-refractivity contribution < 1.29 is 14.3 Å². The van der Waals surface area contributed by atoms with Crippen LogP contribution in [0.2, 0.25) is 0 Å². The Kier molecular flexibility index (Phi) is 5.40. The molecule has 0 aliphatic heterocycles. The minimum absolute atomic E-state index is 0.168. The van der Waals surface area contributed by atoms with Gasteiger partial charge in [0.2, 0.25) is 0 Å². The van der Waals surface area contributed by atoms with Gasteiger partial charge in [0.1, 0.15) is 17.5 Å². The van der Waals surface area contributed by atoms with Crippen molar-refractivity contribution in [3.8, 4) is 11.3 Å². The van der Waals surface area contributed by atoms with Crippen LogP contribution >= 0.6 is 0 Å². The number of carbonyl (C=O) groups is 1. The third-order valence-corrected chi connectivity index (χ3v) is 4.84. The first-order chi connectivity index (χ1) is 14.5. The van der Waals surface area contributed by atoms with Crippen LogP contribution in [0.25, 0.3) is 16.8 Å². The van der Waals surface area contributed by atoms with Gasteiger partial charge in [-0.2, -0.15) is 5.10 Å². The van der Waals surface area contributed by atoms with Crippen LogP contribution in [0.3, 0.4) is 0 Å². The Morgan fingerprint density at radius 3 is 2.77 bits per heavy atom. The Hall–Kier alpha value is -3.78. The molecule has 1 unspecified atom stereocenters. The lowest BCUT2D eigenvalue weighted by atomic mass is 10.1. The van der Waals surface area contributed by atoms with Crippen LogP contribution < -0.4 is 11.1 Å². The molecule has 2 aromatic carbocycles. The average Bonchev–Trinajstić information content (AvgIpc) is 3.11. The molecule has 0 saturated carbocycles. The number of hydrogen-bond acceptors (Lipinski definition) is 5. The highest BCUT2D eigenvalue weighted by molar-refractivity contribution is 5.95. The van der Waals surface area contributed by atoms with Crippen LogP contribution in [0, 0.1) is 5.82 Å². The molecule has 0 fully saturated rings. The van der Waals surface area contributed by atoms with E-state index in [1.165, 1.54) is 16.9 Å². The minimum atomic E-state index is -0.663. The zero-order valence-corrected chi connectivity index (χ0v) is 16.0. The number of halogens is 1. The first-order valence-electron chi connectivity index (χ1n) is 9.44. The van der Waals surface area contributed by atoms with E-state index in [4.69, 9.17) is 5.73 Å². The molecule has 0 bridgehead atoms. The number of aromatic nitrogens is 3. The summed E-state index contributed by atoms with van der Waals surface area (Å²) in [4.78, 5) is 16.4. The highest BCUT2D eigenvalue weighted by Gasteiger charge is 2.17. The van der Waals surface area contributed by atoms with Gasteiger partial charge < -0.3 is 16.2 Å². The largest absolute Gasteiger partial charge is 0.388 e. The Bertz CT molecular complexity index is 1190. The van der Waals surface area contributed by atoms with E-state index in [1.807, 2.05) is 30.3 Å². The number of aliphatic hydroxyl groups is 1. The van der Waals surface area contributed by atoms with Gasteiger partial charge in [-0.1, -0.05) is 42.5 Å². The van der Waals surface area contributed by atoms with E-state index in [-0.39, 0.29) is 17.4 Å². The van der Waals surface area contributed by atoms with E-state index >= 15 is 0 Å². The number of hydrogen-bond donors (Lipinski definition) is 3. The fourth-order valence-electron chi connectivity index (χ4n) is 3.31. The maximum atomic E-state index is 14.6. The minimum Gasteiger partial charge on any atom is -0.388 e. The summed E-state index contributed by atoms with van der Waals surface area (Å²) >= 11 is 0. The second kappa shape index (κ2) is 8.30. The second-order valence-corrected chi connectivity index (χ2v) is 6.84. The van der Waals surface area contributed by atoms with E-state index in [1.54, 1.807) is 24.3 Å². The topological polar surface area (TPSA) is 106 Å². The predicted molar refractivity (Wildman–Crippen MR) is 111 cm³/mol. The quantitative estimate of drug-likeness (QED) is 0.457. The van der Waals surface area contributed by atoms with E-state index in [0.29, 0.717) is 29.6 Å². The SMILES string of the molecule is Nc1ncnn2c(-c3cccc(C(=O)NCCC(O)c4ccccc4)c3)c(F)cc12. The maximum absolute atomic E-state index is 14.6. The molecule has 0 aliphatic rings. The molecule has 0 spiro atoms. The Labute approximate surface area is 172 Å². The molecular weight excluding hydrogens is 385 g/mol. The number of amides is 1. The Balaban J connectivity index is 1.49. The number of fused-ring (bicyclic) bond motifs is 1. The molecule has 152 valence electrons. The summed E-state index contributed by atoms with van der Waals surface area (Å²) in [7, 11) is 0. The lowest BCUT2D eigenvalue weighted by Gasteiger charge is -2.12. The van der Waals surface area contributed by atoms with Crippen LogP contribution in [0.5, 0.6) is 0 Å². The molecule has 4 aromatic rings. The van der Waals surface area contributed by atoms with Crippen molar-refractivity contribution in [2.75, 3.05) is 12.3 Å². The highest BCUT2D eigenvalue weighted by Crippen LogP contribution is 2.28. The molecule has 0 radical (unpaired) electrons. The molecule has 2 aromatic heterocycles. The first-order valence-corrected chi connectivity index (χ1v) is 9.44. The number of aliphatic hydroxyl groups excluding tert-OH is 1. The van der Waals surface area contributed by atoms with Crippen molar-refractivity contribution in [3.05, 3.63) is 83.9 Å². The fraction of sp³-hybridized carbons (Fsp3) is 0.136. The molecule has 1 amide bonds. The van der Waals surface area contributed by atoms with Gasteiger partial charge in [0.15, 0.2) is 11.6 Å². The normalized spacial score (nSPS) is 12.1. The number of nitrogens with one attached hydrogen (secondary N) is 1. The highest BCUT2D eigenvalue weighted by atomic mass is 19.1. The van der Waals surface area contributed by atoms with Crippen LogP contribution in [0.15, 0.2) is 67.0 Å². The lowest BCUT2D eigenvalue weighted by Crippen LogP contribution is -2.25. The fourth-order valence-corrected chi connectivity index (χ4v) is 3.31. The molecule has 30 heavy (non-hydrogen) atoms. The molecule has 1 atom stereocenters. The summed E-state index contributed by atoms with van der Waals surface area (Å²) in [6.07, 6.45) is 0.966. The van der Waals surface area contributed by atoms with E-state index in [0.717, 1.165) is 5.56 Å². The summed E-state index contributed by atoms with van der Waals surface area (Å²) in [5.74, 6) is -0.653. The number of benzene rings is 2. The van der Waals surface area contributed by atoms with Crippen molar-refractivity contribution in [3.63, 3.8) is 0 Å². The number of rotatable bonds is 6. The van der Waals surface area contributed by atoms with Crippen molar-refractivity contribution in [1.82, 2.24) is 19.9 Å². The van der Waals surface area contributed by atoms with Gasteiger partial charge in [-0.05, 0) is 24.1 Å². The summed E-state index contributed by atoms with van der Waals surface area (Å²) in [6.45, 7) is 0.297. The first kappa shape index (κ1) is 19.5. The van der Waals surface area contributed by atoms with Gasteiger partial charge in [0.25, 0.3) is 5.91 Å². The third-order valence-electron chi connectivity index (χ3n) is 4.84. The van der Waals surface area contributed by atoms with Crippen molar-refractivity contribution in [2.24, 2.45) is 0 Å². The van der Waals surface area contributed by atoms with Crippen LogP contribution in [0.1, 0.15) is 28.4 Å². The molecule has 4 rings (SSSR count). The van der Waals surface area contributed by atoms with Crippen molar-refractivity contribution in [1.29, 1.82) is 0 Å². The van der Waals surface area contributed by atoms with Gasteiger partial charge in [-0.15, -0.1) is 0 Å². The zero-order valence-electron chi connectivity index (χ0n) is 16.0. The smallest absolute Gasteiger partial charge is 0.251 e. The van der Waals surface area contributed by atoms with Gasteiger partial charge in [-0.3, -0.25) is 4.79 Å². The summed E-state index contributed by atoms with van der Waals surface area (Å²) in [5.41, 5.74) is 8.01. The molecule has 0 aliphatic carbocycles. The van der Waals surface area contributed by atoms with Crippen molar-refractivity contribution >= 4 is 17.2 Å². The number of nitrogen functional groups attached to an aromatic ring is 1. The summed E-state index contributed by atoms with van der Waals surface area (Å²) in [6, 6.07) is 17.1. The number of nitrogens with two attached hydrogens (primary N) is 1. The maximum Gasteiger partial charge on any atom is 0.251 e. The third kappa shape index (κ3) is 3.85. The van der Waals surface area contributed by atoms with E-state index in [9.17, 15) is 14.3 Å². The van der Waals surface area contributed by atoms with Crippen molar-refractivity contribution in [2.45, 2.75) is 12.5 Å². The zero-order chi connectivity index (χ0) is 21.1. The van der Waals surface area contributed by atoms with E-state index in [2.05, 4.69) is 15.4 Å². The monoisotopic (exact) mass is 405 g/mol. The molecule has 8 heteroatoms. The van der Waals surface area contributed by atoms with Crippen LogP contribution in [0.4, 0.5) is 10.2 Å². The molecule has 4 N–H and O–H groups in total. The summed E-state index contributed by atoms with van der Waals surface area (Å²) < 4.78 is 15.9. The van der Waals surface area contributed by atoms with Crippen LogP contribution in [-0.2, 0) is 0 Å². The van der Waals surface area contributed by atoms with Crippen LogP contribution in [-0.4, -0.2) is 32.2 Å². The predicted octanol–water partition coefficient (Wildman–Crippen LogP) is 2.97. The Morgan fingerprint density at radius 2 is 1.97 bits per heavy atom.